The van der Waals surface area contributed by atoms with E-state index in [0.717, 1.165) is 22.7 Å². The first-order valence-electron chi connectivity index (χ1n) is 13.0. The maximum absolute atomic E-state index is 14.6. The molecule has 3 aromatic heterocycles. The molecule has 4 aromatic rings. The molecule has 2 aliphatic heterocycles. The van der Waals surface area contributed by atoms with Gasteiger partial charge in [0.2, 0.25) is 0 Å². The first kappa shape index (κ1) is 27.1. The highest BCUT2D eigenvalue weighted by Crippen LogP contribution is 2.39. The van der Waals surface area contributed by atoms with Crippen LogP contribution in [0.3, 0.4) is 0 Å². The second kappa shape index (κ2) is 10.4. The van der Waals surface area contributed by atoms with Gasteiger partial charge in [0.25, 0.3) is 0 Å². The van der Waals surface area contributed by atoms with Crippen LogP contribution in [0.4, 0.5) is 43.7 Å². The summed E-state index contributed by atoms with van der Waals surface area (Å²) in [6.07, 6.45) is -3.60. The van der Waals surface area contributed by atoms with Crippen molar-refractivity contribution in [2.24, 2.45) is 0 Å². The summed E-state index contributed by atoms with van der Waals surface area (Å²) in [6.45, 7) is 0.794. The maximum Gasteiger partial charge on any atom is 0.414 e. The molecule has 0 spiro atoms. The van der Waals surface area contributed by atoms with Crippen molar-refractivity contribution in [2.75, 3.05) is 34.8 Å². The van der Waals surface area contributed by atoms with Gasteiger partial charge in [0.15, 0.2) is 11.7 Å². The van der Waals surface area contributed by atoms with E-state index in [1.165, 1.54) is 41.6 Å². The Morgan fingerprint density at radius 3 is 2.54 bits per heavy atom. The molecule has 1 unspecified atom stereocenters. The van der Waals surface area contributed by atoms with Crippen LogP contribution < -0.4 is 15.1 Å². The Labute approximate surface area is 230 Å². The summed E-state index contributed by atoms with van der Waals surface area (Å²) in [5, 5.41) is 16.6. The fourth-order valence-corrected chi connectivity index (χ4v) is 5.42. The van der Waals surface area contributed by atoms with Gasteiger partial charge in [-0.25, -0.2) is 18.2 Å². The second-order valence-electron chi connectivity index (χ2n) is 10.2. The van der Waals surface area contributed by atoms with Crippen LogP contribution in [0, 0.1) is 11.6 Å². The van der Waals surface area contributed by atoms with Crippen molar-refractivity contribution in [1.29, 1.82) is 0 Å². The first-order valence-corrected chi connectivity index (χ1v) is 13.0. The molecular formula is C27H25F6N7O. The van der Waals surface area contributed by atoms with Crippen molar-refractivity contribution in [3.05, 3.63) is 77.8 Å². The van der Waals surface area contributed by atoms with Crippen LogP contribution in [0.1, 0.15) is 36.2 Å². The van der Waals surface area contributed by atoms with Crippen LogP contribution in [-0.4, -0.2) is 62.8 Å². The van der Waals surface area contributed by atoms with Crippen LogP contribution in [0.15, 0.2) is 54.9 Å². The van der Waals surface area contributed by atoms with Crippen molar-refractivity contribution in [3.63, 3.8) is 0 Å². The molecule has 2 saturated heterocycles. The smallest absolute Gasteiger partial charge is 0.391 e. The van der Waals surface area contributed by atoms with Crippen molar-refractivity contribution in [2.45, 2.75) is 43.4 Å². The summed E-state index contributed by atoms with van der Waals surface area (Å²) in [7, 11) is 0. The predicted octanol–water partition coefficient (Wildman–Crippen LogP) is 4.98. The van der Waals surface area contributed by atoms with Crippen LogP contribution in [-0.2, 0) is 0 Å². The molecule has 0 amide bonds. The number of nitrogens with one attached hydrogen (secondary N) is 1. The Kier molecular flexibility index (Phi) is 6.88. The van der Waals surface area contributed by atoms with E-state index in [1.807, 2.05) is 4.90 Å². The highest BCUT2D eigenvalue weighted by molar-refractivity contribution is 5.55. The van der Waals surface area contributed by atoms with Gasteiger partial charge in [-0.1, -0.05) is 0 Å². The lowest BCUT2D eigenvalue weighted by molar-refractivity contribution is -0.144. The summed E-state index contributed by atoms with van der Waals surface area (Å²) in [4.78, 5) is 11.5. The molecule has 8 nitrogen and oxygen atoms in total. The fraction of sp³-hybridized carbons (Fsp3) is 0.370. The van der Waals surface area contributed by atoms with Crippen LogP contribution in [0.2, 0.25) is 0 Å². The highest BCUT2D eigenvalue weighted by Gasteiger charge is 2.43. The second-order valence-corrected chi connectivity index (χ2v) is 10.2. The lowest BCUT2D eigenvalue weighted by Gasteiger charge is -2.26. The van der Waals surface area contributed by atoms with Gasteiger partial charge in [0.1, 0.15) is 29.4 Å². The van der Waals surface area contributed by atoms with Gasteiger partial charge in [-0.05, 0) is 48.9 Å². The molecule has 0 radical (unpaired) electrons. The molecule has 41 heavy (non-hydrogen) atoms. The zero-order valence-electron chi connectivity index (χ0n) is 21.4. The van der Waals surface area contributed by atoms with Gasteiger partial charge < -0.3 is 20.2 Å². The molecule has 216 valence electrons. The number of hydrogen-bond donors (Lipinski definition) is 2. The Morgan fingerprint density at radius 2 is 1.83 bits per heavy atom. The number of hydrogen-bond acceptors (Lipinski definition) is 7. The molecule has 6 rings (SSSR count). The molecule has 2 aliphatic rings. The van der Waals surface area contributed by atoms with E-state index >= 15 is 0 Å². The number of halogens is 6. The number of nitrogens with zero attached hydrogens (tertiary/aromatic N) is 6. The monoisotopic (exact) mass is 577 g/mol. The molecule has 2 N–H and O–H groups in total. The number of rotatable bonds is 6. The third-order valence-corrected chi connectivity index (χ3v) is 7.42. The summed E-state index contributed by atoms with van der Waals surface area (Å²) < 4.78 is 86.8. The minimum absolute atomic E-state index is 0.0360. The minimum atomic E-state index is -4.74. The lowest BCUT2D eigenvalue weighted by atomic mass is 10.0. The molecule has 5 heterocycles. The first-order chi connectivity index (χ1) is 19.6. The largest absolute Gasteiger partial charge is 0.414 e. The van der Waals surface area contributed by atoms with Crippen LogP contribution in [0.5, 0.6) is 0 Å². The zero-order valence-corrected chi connectivity index (χ0v) is 21.4. The summed E-state index contributed by atoms with van der Waals surface area (Å²) in [5.74, 6) is -1.31. The number of aliphatic hydroxyl groups excluding tert-OH is 1. The molecule has 0 bridgehead atoms. The van der Waals surface area contributed by atoms with E-state index < -0.39 is 42.2 Å². The fourth-order valence-electron chi connectivity index (χ4n) is 5.42. The molecule has 0 saturated carbocycles. The van der Waals surface area contributed by atoms with Crippen LogP contribution in [0.25, 0.3) is 5.65 Å². The topological polar surface area (TPSA) is 81.8 Å². The van der Waals surface area contributed by atoms with Gasteiger partial charge in [-0.3, -0.25) is 4.98 Å². The predicted molar refractivity (Wildman–Crippen MR) is 138 cm³/mol. The number of benzene rings is 1. The van der Waals surface area contributed by atoms with Gasteiger partial charge in [0.05, 0.1) is 42.5 Å². The highest BCUT2D eigenvalue weighted by atomic mass is 19.4. The Morgan fingerprint density at radius 1 is 1.00 bits per heavy atom. The zero-order chi connectivity index (χ0) is 28.9. The van der Waals surface area contributed by atoms with Crippen molar-refractivity contribution in [3.8, 4) is 0 Å². The van der Waals surface area contributed by atoms with Crippen molar-refractivity contribution < 1.29 is 31.4 Å². The SMILES string of the molecule is O[C@H]1CCN(c2ccc(C(Nc3cnc4ccc(N5C[C@@H](F)C[C@@H]5c5cc(F)ccc5F)nn34)C(F)(F)F)nc2)C1. The summed E-state index contributed by atoms with van der Waals surface area (Å²) in [6, 6.07) is 5.67. The third kappa shape index (κ3) is 5.35. The Hall–Kier alpha value is -4.07. The van der Waals surface area contributed by atoms with Crippen molar-refractivity contribution >= 4 is 23.0 Å². The molecule has 14 heteroatoms. The van der Waals surface area contributed by atoms with Crippen molar-refractivity contribution in [1.82, 2.24) is 19.6 Å². The number of aromatic nitrogens is 4. The standard InChI is InChI=1S/C27H25F6N7O/c28-15-1-3-20(30)19(9-15)22-10-16(29)13-39(22)24-6-5-23-35-12-25(40(23)37-24)36-26(27(31,32)33)21-4-2-17(11-34-21)38-8-7-18(41)14-38/h1-6,9,11-12,16,18,22,26,36,41H,7-8,10,13-14H2/t16-,18-,22+,26?/m0/s1. The van der Waals surface area contributed by atoms with Crippen LogP contribution >= 0.6 is 0 Å². The number of anilines is 3. The Balaban J connectivity index is 1.30. The number of β-amino-alcohol motifs (C(OH)–C–C–N with tert-alkyl or cyclic N) is 1. The Bertz CT molecular complexity index is 1550. The average Bonchev–Trinajstić information content (AvgIpc) is 3.66. The van der Waals surface area contributed by atoms with Gasteiger partial charge in [-0.2, -0.15) is 17.7 Å². The molecule has 2 fully saturated rings. The number of alkyl halides is 4. The summed E-state index contributed by atoms with van der Waals surface area (Å²) in [5.41, 5.74) is 0.505. The molecule has 1 aromatic carbocycles. The number of fused-ring (bicyclic) bond motifs is 1. The third-order valence-electron chi connectivity index (χ3n) is 7.42. The van der Waals surface area contributed by atoms with E-state index in [4.69, 9.17) is 0 Å². The van der Waals surface area contributed by atoms with Gasteiger partial charge >= 0.3 is 6.18 Å². The molecule has 4 atom stereocenters. The maximum atomic E-state index is 14.6. The number of imidazole rings is 1. The molecular weight excluding hydrogens is 552 g/mol. The van der Waals surface area contributed by atoms with Gasteiger partial charge in [-0.15, -0.1) is 5.10 Å². The summed E-state index contributed by atoms with van der Waals surface area (Å²) >= 11 is 0. The van der Waals surface area contributed by atoms with E-state index in [1.54, 1.807) is 0 Å². The van der Waals surface area contributed by atoms with E-state index in [-0.39, 0.29) is 41.5 Å². The van der Waals surface area contributed by atoms with Gasteiger partial charge in [0, 0.05) is 25.1 Å². The van der Waals surface area contributed by atoms with E-state index in [0.29, 0.717) is 25.2 Å². The molecule has 0 aliphatic carbocycles. The van der Waals surface area contributed by atoms with E-state index in [9.17, 15) is 31.4 Å². The lowest BCUT2D eigenvalue weighted by Crippen LogP contribution is -2.30. The number of pyridine rings is 1. The average molecular weight is 578 g/mol. The quantitative estimate of drug-likeness (QED) is 0.313. The van der Waals surface area contributed by atoms with E-state index in [2.05, 4.69) is 20.4 Å². The normalized spacial score (nSPS) is 22.1. The minimum Gasteiger partial charge on any atom is -0.391 e. The number of aliphatic hydroxyl groups is 1.